The van der Waals surface area contributed by atoms with Gasteiger partial charge in [0.1, 0.15) is 0 Å². The van der Waals surface area contributed by atoms with Gasteiger partial charge in [0.15, 0.2) is 0 Å². The standard InChI is InChI=1S/C21H24/c1-14-10-17-12-19(13-18(17)11-15(14)2)16-6-8-20(9-7-16)21(3,4)5/h6-12H,13H2,1-5H3. The van der Waals surface area contributed by atoms with Crippen molar-refractivity contribution in [2.24, 2.45) is 0 Å². The molecule has 3 rings (SSSR count). The molecule has 0 saturated carbocycles. The van der Waals surface area contributed by atoms with Crippen LogP contribution in [0.3, 0.4) is 0 Å². The Hall–Kier alpha value is -1.82. The lowest BCUT2D eigenvalue weighted by atomic mass is 9.86. The van der Waals surface area contributed by atoms with Crippen molar-refractivity contribution in [2.45, 2.75) is 46.5 Å². The summed E-state index contributed by atoms with van der Waals surface area (Å²) in [4.78, 5) is 0. The second-order valence-electron chi connectivity index (χ2n) is 7.31. The second kappa shape index (κ2) is 4.87. The van der Waals surface area contributed by atoms with Crippen molar-refractivity contribution in [1.82, 2.24) is 0 Å². The Labute approximate surface area is 128 Å². The van der Waals surface area contributed by atoms with Crippen molar-refractivity contribution in [3.05, 3.63) is 69.8 Å². The Morgan fingerprint density at radius 2 is 1.48 bits per heavy atom. The van der Waals surface area contributed by atoms with Gasteiger partial charge >= 0.3 is 0 Å². The van der Waals surface area contributed by atoms with Crippen LogP contribution in [0.25, 0.3) is 11.6 Å². The van der Waals surface area contributed by atoms with Crippen molar-refractivity contribution >= 4 is 11.6 Å². The van der Waals surface area contributed by atoms with Crippen molar-refractivity contribution < 1.29 is 0 Å². The largest absolute Gasteiger partial charge is 0.0579 e. The SMILES string of the molecule is Cc1cc2c(cc1C)CC(c1ccc(C(C)(C)C)cc1)=C2. The number of hydrogen-bond acceptors (Lipinski definition) is 0. The van der Waals surface area contributed by atoms with Crippen molar-refractivity contribution in [2.75, 3.05) is 0 Å². The van der Waals surface area contributed by atoms with Gasteiger partial charge < -0.3 is 0 Å². The third-order valence-corrected chi connectivity index (χ3v) is 4.59. The zero-order chi connectivity index (χ0) is 15.2. The summed E-state index contributed by atoms with van der Waals surface area (Å²) in [5, 5.41) is 0. The quantitative estimate of drug-likeness (QED) is 0.627. The summed E-state index contributed by atoms with van der Waals surface area (Å²) in [6.45, 7) is 11.2. The molecule has 0 bridgehead atoms. The van der Waals surface area contributed by atoms with E-state index in [0.29, 0.717) is 0 Å². The van der Waals surface area contributed by atoms with E-state index in [1.165, 1.54) is 39.0 Å². The van der Waals surface area contributed by atoms with Gasteiger partial charge in [-0.1, -0.05) is 63.2 Å². The lowest BCUT2D eigenvalue weighted by Gasteiger charge is -2.19. The minimum atomic E-state index is 0.222. The van der Waals surface area contributed by atoms with E-state index in [4.69, 9.17) is 0 Å². The molecule has 0 N–H and O–H groups in total. The molecule has 108 valence electrons. The molecule has 1 aliphatic rings. The van der Waals surface area contributed by atoms with E-state index in [1.807, 2.05) is 0 Å². The van der Waals surface area contributed by atoms with Gasteiger partial charge in [0.25, 0.3) is 0 Å². The van der Waals surface area contributed by atoms with Crippen LogP contribution in [0.5, 0.6) is 0 Å². The third-order valence-electron chi connectivity index (χ3n) is 4.59. The molecule has 0 atom stereocenters. The van der Waals surface area contributed by atoms with Crippen LogP contribution in [0.4, 0.5) is 0 Å². The van der Waals surface area contributed by atoms with Gasteiger partial charge in [-0.2, -0.15) is 0 Å². The van der Waals surface area contributed by atoms with Gasteiger partial charge in [0.05, 0.1) is 0 Å². The fourth-order valence-corrected chi connectivity index (χ4v) is 3.00. The van der Waals surface area contributed by atoms with Crippen LogP contribution >= 0.6 is 0 Å². The third kappa shape index (κ3) is 2.68. The first-order valence-electron chi connectivity index (χ1n) is 7.76. The normalized spacial score (nSPS) is 14.0. The predicted octanol–water partition coefficient (Wildman–Crippen LogP) is 5.70. The second-order valence-corrected chi connectivity index (χ2v) is 7.31. The Morgan fingerprint density at radius 3 is 2.10 bits per heavy atom. The lowest BCUT2D eigenvalue weighted by molar-refractivity contribution is 0.590. The fourth-order valence-electron chi connectivity index (χ4n) is 3.00. The zero-order valence-corrected chi connectivity index (χ0v) is 13.7. The summed E-state index contributed by atoms with van der Waals surface area (Å²) in [6, 6.07) is 13.8. The number of aryl methyl sites for hydroxylation is 2. The summed E-state index contributed by atoms with van der Waals surface area (Å²) < 4.78 is 0. The van der Waals surface area contributed by atoms with Crippen LogP contribution in [-0.2, 0) is 11.8 Å². The topological polar surface area (TPSA) is 0 Å². The summed E-state index contributed by atoms with van der Waals surface area (Å²) in [6.07, 6.45) is 3.42. The first-order valence-corrected chi connectivity index (χ1v) is 7.76. The highest BCUT2D eigenvalue weighted by atomic mass is 14.2. The average Bonchev–Trinajstić information content (AvgIpc) is 2.81. The van der Waals surface area contributed by atoms with Crippen LogP contribution in [0.2, 0.25) is 0 Å². The van der Waals surface area contributed by atoms with Crippen molar-refractivity contribution in [3.63, 3.8) is 0 Å². The molecule has 0 aromatic heterocycles. The highest BCUT2D eigenvalue weighted by Crippen LogP contribution is 2.34. The molecule has 2 aromatic rings. The molecule has 2 aromatic carbocycles. The fraction of sp³-hybridized carbons (Fsp3) is 0.333. The Kier molecular flexibility index (Phi) is 3.28. The molecule has 0 heterocycles. The molecule has 1 aliphatic carbocycles. The van der Waals surface area contributed by atoms with E-state index in [9.17, 15) is 0 Å². The molecule has 0 fully saturated rings. The molecule has 0 heteroatoms. The average molecular weight is 276 g/mol. The summed E-state index contributed by atoms with van der Waals surface area (Å²) >= 11 is 0. The van der Waals surface area contributed by atoms with E-state index in [-0.39, 0.29) is 5.41 Å². The highest BCUT2D eigenvalue weighted by Gasteiger charge is 2.17. The van der Waals surface area contributed by atoms with Crippen molar-refractivity contribution in [1.29, 1.82) is 0 Å². The first-order chi connectivity index (χ1) is 9.84. The van der Waals surface area contributed by atoms with Crippen LogP contribution in [0, 0.1) is 13.8 Å². The van der Waals surface area contributed by atoms with Gasteiger partial charge in [-0.05, 0) is 64.6 Å². The highest BCUT2D eigenvalue weighted by molar-refractivity contribution is 5.88. The van der Waals surface area contributed by atoms with E-state index in [2.05, 4.69) is 77.1 Å². The zero-order valence-electron chi connectivity index (χ0n) is 13.7. The minimum Gasteiger partial charge on any atom is -0.0579 e. The van der Waals surface area contributed by atoms with E-state index in [1.54, 1.807) is 0 Å². The molecular weight excluding hydrogens is 252 g/mol. The monoisotopic (exact) mass is 276 g/mol. The molecule has 0 radical (unpaired) electrons. The number of rotatable bonds is 1. The summed E-state index contributed by atoms with van der Waals surface area (Å²) in [5.74, 6) is 0. The Morgan fingerprint density at radius 1 is 0.857 bits per heavy atom. The molecule has 0 amide bonds. The van der Waals surface area contributed by atoms with Crippen LogP contribution in [0.1, 0.15) is 54.2 Å². The molecule has 21 heavy (non-hydrogen) atoms. The first kappa shape index (κ1) is 14.1. The molecule has 0 nitrogen and oxygen atoms in total. The van der Waals surface area contributed by atoms with Crippen LogP contribution in [0.15, 0.2) is 36.4 Å². The molecule has 0 unspecified atom stereocenters. The lowest BCUT2D eigenvalue weighted by Crippen LogP contribution is -2.10. The smallest absolute Gasteiger partial charge is 0.00136 e. The Bertz CT molecular complexity index is 707. The molecule has 0 aliphatic heterocycles. The number of allylic oxidation sites excluding steroid dienone is 1. The van der Waals surface area contributed by atoms with Gasteiger partial charge in [0.2, 0.25) is 0 Å². The molecule has 0 saturated heterocycles. The van der Waals surface area contributed by atoms with Gasteiger partial charge in [-0.25, -0.2) is 0 Å². The summed E-state index contributed by atoms with van der Waals surface area (Å²) in [7, 11) is 0. The van der Waals surface area contributed by atoms with Crippen molar-refractivity contribution in [3.8, 4) is 0 Å². The molecule has 0 spiro atoms. The van der Waals surface area contributed by atoms with E-state index in [0.717, 1.165) is 6.42 Å². The maximum absolute atomic E-state index is 2.36. The van der Waals surface area contributed by atoms with E-state index >= 15 is 0 Å². The Balaban J connectivity index is 1.92. The molecular formula is C21H24. The van der Waals surface area contributed by atoms with Gasteiger partial charge in [0, 0.05) is 0 Å². The maximum Gasteiger partial charge on any atom is -0.00136 e. The van der Waals surface area contributed by atoms with E-state index < -0.39 is 0 Å². The summed E-state index contributed by atoms with van der Waals surface area (Å²) in [5.41, 5.74) is 10.1. The predicted molar refractivity (Wildman–Crippen MR) is 92.6 cm³/mol. The van der Waals surface area contributed by atoms with Gasteiger partial charge in [-0.3, -0.25) is 0 Å². The van der Waals surface area contributed by atoms with Gasteiger partial charge in [-0.15, -0.1) is 0 Å². The minimum absolute atomic E-state index is 0.222. The van der Waals surface area contributed by atoms with Crippen LogP contribution in [-0.4, -0.2) is 0 Å². The van der Waals surface area contributed by atoms with Crippen LogP contribution < -0.4 is 0 Å². The number of benzene rings is 2. The maximum atomic E-state index is 2.36. The number of fused-ring (bicyclic) bond motifs is 1. The number of hydrogen-bond donors (Lipinski definition) is 0.